The zero-order valence-corrected chi connectivity index (χ0v) is 20.9. The van der Waals surface area contributed by atoms with Gasteiger partial charge >= 0.3 is 21.7 Å². The Balaban J connectivity index is -0.000000158. The quantitative estimate of drug-likeness (QED) is 0.329. The van der Waals surface area contributed by atoms with Crippen molar-refractivity contribution >= 4 is 26.2 Å². The van der Waals surface area contributed by atoms with Crippen LogP contribution in [0.5, 0.6) is 0 Å². The van der Waals surface area contributed by atoms with E-state index in [0.717, 1.165) is 22.4 Å². The summed E-state index contributed by atoms with van der Waals surface area (Å²) in [6.45, 7) is 6.51. The van der Waals surface area contributed by atoms with Gasteiger partial charge in [-0.1, -0.05) is 64.6 Å². The number of fused-ring (bicyclic) bond motifs is 1. The van der Waals surface area contributed by atoms with Gasteiger partial charge in [0.05, 0.1) is 0 Å². The second kappa shape index (κ2) is 25.8. The molecule has 0 spiro atoms. The Morgan fingerprint density at radius 3 is 2.00 bits per heavy atom. The minimum Gasteiger partial charge on any atom is -1.00 e. The van der Waals surface area contributed by atoms with E-state index < -0.39 is 5.91 Å². The third kappa shape index (κ3) is 22.0. The molecule has 0 fully saturated rings. The van der Waals surface area contributed by atoms with Crippen LogP contribution in [0.25, 0.3) is 16.5 Å². The molecule has 27 heavy (non-hydrogen) atoms. The van der Waals surface area contributed by atoms with Crippen molar-refractivity contribution in [1.29, 1.82) is 0 Å². The average Bonchev–Trinajstić information content (AvgIpc) is 3.04. The third-order valence-corrected chi connectivity index (χ3v) is 3.55. The Bertz CT molecular complexity index is 507. The Hall–Kier alpha value is -0.189. The Morgan fingerprint density at radius 2 is 1.48 bits per heavy atom. The number of carbonyl (C=O) groups excluding carboxylic acids is 1. The molecule has 0 aliphatic heterocycles. The van der Waals surface area contributed by atoms with Gasteiger partial charge in [-0.2, -0.15) is 17.5 Å². The van der Waals surface area contributed by atoms with Gasteiger partial charge in [-0.3, -0.25) is 0 Å². The Kier molecular flexibility index (Phi) is 32.8. The average molecular weight is 462 g/mol. The van der Waals surface area contributed by atoms with E-state index >= 15 is 0 Å². The molecular weight excluding hydrogens is 429 g/mol. The SMILES string of the molecule is CCCCCCCCCC([NH-])=O.C[Si]C.[Cl-].[Cl-].[Ti+4].c1ccc2[cH-]ccc2c1. The minimum absolute atomic E-state index is 0. The van der Waals surface area contributed by atoms with Crippen molar-refractivity contribution in [2.75, 3.05) is 0 Å². The van der Waals surface area contributed by atoms with Crippen molar-refractivity contribution in [3.8, 4) is 0 Å². The molecule has 0 saturated heterocycles. The van der Waals surface area contributed by atoms with E-state index in [2.05, 4.69) is 62.5 Å². The normalized spacial score (nSPS) is 8.56. The molecule has 150 valence electrons. The number of rotatable bonds is 8. The molecule has 0 aliphatic rings. The summed E-state index contributed by atoms with van der Waals surface area (Å²) in [5.74, 6) is -0.413. The van der Waals surface area contributed by atoms with Gasteiger partial charge in [0.1, 0.15) is 0 Å². The maximum absolute atomic E-state index is 10.2. The van der Waals surface area contributed by atoms with Crippen molar-refractivity contribution < 1.29 is 51.3 Å². The molecule has 2 rings (SSSR count). The Morgan fingerprint density at radius 1 is 0.963 bits per heavy atom. The molecule has 2 aromatic carbocycles. The van der Waals surface area contributed by atoms with Crippen LogP contribution < -0.4 is 24.8 Å². The van der Waals surface area contributed by atoms with Crippen molar-refractivity contribution in [3.63, 3.8) is 0 Å². The van der Waals surface area contributed by atoms with Gasteiger partial charge in [-0.25, -0.2) is 0 Å². The van der Waals surface area contributed by atoms with Gasteiger partial charge in [0.15, 0.2) is 0 Å². The van der Waals surface area contributed by atoms with E-state index in [9.17, 15) is 4.79 Å². The molecule has 0 saturated carbocycles. The predicted molar refractivity (Wildman–Crippen MR) is 109 cm³/mol. The fourth-order valence-corrected chi connectivity index (χ4v) is 2.31. The molecule has 0 bridgehead atoms. The summed E-state index contributed by atoms with van der Waals surface area (Å²) in [4.78, 5) is 10.2. The molecule has 1 N–H and O–H groups in total. The van der Waals surface area contributed by atoms with Crippen LogP contribution in [-0.2, 0) is 26.5 Å². The molecule has 0 aromatic heterocycles. The van der Waals surface area contributed by atoms with Crippen LogP contribution in [0.1, 0.15) is 58.3 Å². The number of benzene rings is 1. The number of halogens is 2. The van der Waals surface area contributed by atoms with Crippen LogP contribution >= 0.6 is 0 Å². The van der Waals surface area contributed by atoms with E-state index in [4.69, 9.17) is 5.73 Å². The number of unbranched alkanes of at least 4 members (excludes halogenated alkanes) is 6. The van der Waals surface area contributed by atoms with E-state index in [1.807, 2.05) is 0 Å². The monoisotopic (exact) mass is 461 g/mol. The van der Waals surface area contributed by atoms with Crippen LogP contribution in [0.3, 0.4) is 0 Å². The van der Waals surface area contributed by atoms with Crippen LogP contribution in [0, 0.1) is 0 Å². The third-order valence-electron chi connectivity index (χ3n) is 3.55. The molecule has 2 nitrogen and oxygen atoms in total. The fraction of sp³-hybridized carbons (Fsp3) is 0.524. The summed E-state index contributed by atoms with van der Waals surface area (Å²) in [7, 11) is 1.08. The maximum Gasteiger partial charge on any atom is 4.00 e. The first-order valence-electron chi connectivity index (χ1n) is 9.09. The van der Waals surface area contributed by atoms with Gasteiger partial charge in [0, 0.05) is 15.4 Å². The number of nitrogens with one attached hydrogen (secondary N) is 1. The standard InChI is InChI=1S/C10H21NO.C9H7.C2H6Si.2ClH.Ti/c1-2-3-4-5-6-7-8-9-10(11)12;1-2-5-9-7-3-6-8(9)4-1;1-3-2;;;/h2-9H2,1H3,(H2,11,12);1-7H;1-2H3;2*1H;/q;-1;;;;+4/p-3. The molecular formula is C21H33Cl2NOSiTi. The van der Waals surface area contributed by atoms with Crippen molar-refractivity contribution in [1.82, 2.24) is 0 Å². The molecule has 2 aromatic rings. The summed E-state index contributed by atoms with van der Waals surface area (Å²) in [6, 6.07) is 14.7. The van der Waals surface area contributed by atoms with Crippen molar-refractivity contribution in [2.24, 2.45) is 0 Å². The van der Waals surface area contributed by atoms with Gasteiger partial charge in [0.25, 0.3) is 0 Å². The number of amides is 1. The molecule has 0 atom stereocenters. The summed E-state index contributed by atoms with van der Waals surface area (Å²) in [5, 5.41) is 2.66. The number of hydrogen-bond acceptors (Lipinski definition) is 1. The molecule has 6 heteroatoms. The minimum atomic E-state index is -0.413. The van der Waals surface area contributed by atoms with Gasteiger partial charge in [-0.05, 0) is 12.8 Å². The van der Waals surface area contributed by atoms with Crippen LogP contribution in [0.4, 0.5) is 0 Å². The molecule has 0 unspecified atom stereocenters. The smallest absolute Gasteiger partial charge is 1.00 e. The van der Waals surface area contributed by atoms with E-state index in [-0.39, 0.29) is 46.5 Å². The molecule has 0 heterocycles. The van der Waals surface area contributed by atoms with E-state index in [1.54, 1.807) is 0 Å². The first-order chi connectivity index (χ1) is 11.7. The molecule has 1 amide bonds. The maximum atomic E-state index is 10.2. The van der Waals surface area contributed by atoms with E-state index in [0.29, 0.717) is 6.42 Å². The predicted octanol–water partition coefficient (Wildman–Crippen LogP) is 1.06. The van der Waals surface area contributed by atoms with Gasteiger partial charge < -0.3 is 35.3 Å². The van der Waals surface area contributed by atoms with Gasteiger partial charge in [-0.15, -0.1) is 29.7 Å². The zero-order valence-electron chi connectivity index (χ0n) is 16.9. The first kappa shape index (κ1) is 34.3. The van der Waals surface area contributed by atoms with E-state index in [1.165, 1.54) is 42.9 Å². The van der Waals surface area contributed by atoms with Crippen LogP contribution in [-0.4, -0.2) is 15.4 Å². The molecule has 0 aliphatic carbocycles. The van der Waals surface area contributed by atoms with Gasteiger partial charge in [0.2, 0.25) is 0 Å². The van der Waals surface area contributed by atoms with Crippen molar-refractivity contribution in [3.05, 3.63) is 48.2 Å². The number of carbonyl (C=O) groups is 1. The summed E-state index contributed by atoms with van der Waals surface area (Å²) < 4.78 is 0. The van der Waals surface area contributed by atoms with Crippen LogP contribution in [0.15, 0.2) is 42.5 Å². The summed E-state index contributed by atoms with van der Waals surface area (Å²) >= 11 is 0. The Labute approximate surface area is 196 Å². The fourth-order valence-electron chi connectivity index (χ4n) is 2.31. The number of hydrogen-bond donors (Lipinski definition) is 0. The first-order valence-corrected chi connectivity index (χ1v) is 11.1. The second-order valence-electron chi connectivity index (χ2n) is 5.95. The zero-order chi connectivity index (χ0) is 18.0. The molecule has 2 radical (unpaired) electrons. The summed E-state index contributed by atoms with van der Waals surface area (Å²) in [6.07, 6.45) is 8.94. The second-order valence-corrected chi connectivity index (χ2v) is 6.95. The topological polar surface area (TPSA) is 40.9 Å². The summed E-state index contributed by atoms with van der Waals surface area (Å²) in [5.41, 5.74) is 6.69. The van der Waals surface area contributed by atoms with Crippen LogP contribution in [0.2, 0.25) is 13.1 Å². The largest absolute Gasteiger partial charge is 4.00 e. The van der Waals surface area contributed by atoms with Crippen molar-refractivity contribution in [2.45, 2.75) is 71.4 Å².